The lowest BCUT2D eigenvalue weighted by atomic mass is 10.1. The van der Waals surface area contributed by atoms with Gasteiger partial charge in [0.05, 0.1) is 12.7 Å². The van der Waals surface area contributed by atoms with Gasteiger partial charge in [0, 0.05) is 0 Å². The average Bonchev–Trinajstić information content (AvgIpc) is 1.63. The van der Waals surface area contributed by atoms with Gasteiger partial charge in [-0.15, -0.1) is 0 Å². The van der Waals surface area contributed by atoms with E-state index in [9.17, 15) is 0 Å². The van der Waals surface area contributed by atoms with Crippen molar-refractivity contribution in [2.24, 2.45) is 11.8 Å². The van der Waals surface area contributed by atoms with E-state index in [2.05, 4.69) is 4.84 Å². The van der Waals surface area contributed by atoms with Crippen molar-refractivity contribution in [1.29, 1.82) is 0 Å². The summed E-state index contributed by atoms with van der Waals surface area (Å²) in [6.07, 6.45) is 0.340. The van der Waals surface area contributed by atoms with E-state index in [4.69, 9.17) is 11.0 Å². The molecule has 0 aromatic carbocycles. The molecule has 3 nitrogen and oxygen atoms in total. The maximum atomic E-state index is 9.01. The minimum absolute atomic E-state index is 0.234. The maximum Gasteiger partial charge on any atom is 0.0938 e. The van der Waals surface area contributed by atoms with Crippen LogP contribution in [0.3, 0.4) is 0 Å². The van der Waals surface area contributed by atoms with Crippen LogP contribution in [0.1, 0.15) is 20.3 Å². The van der Waals surface area contributed by atoms with Crippen LogP contribution in [0, 0.1) is 5.92 Å². The van der Waals surface area contributed by atoms with Gasteiger partial charge in [0.2, 0.25) is 0 Å². The maximum absolute atomic E-state index is 9.01. The second kappa shape index (κ2) is 4.73. The highest BCUT2D eigenvalue weighted by Gasteiger charge is 2.05. The molecule has 0 aromatic heterocycles. The molecular formula is C6H15NO2. The van der Waals surface area contributed by atoms with E-state index in [1.54, 1.807) is 0 Å². The van der Waals surface area contributed by atoms with Crippen molar-refractivity contribution in [3.8, 4) is 0 Å². The third kappa shape index (κ3) is 5.76. The normalized spacial score (nSPS) is 14.3. The first kappa shape index (κ1) is 8.88. The Bertz CT molecular complexity index is 66.1. The fourth-order valence-corrected chi connectivity index (χ4v) is 0.723. The predicted molar refractivity (Wildman–Crippen MR) is 35.6 cm³/mol. The summed E-state index contributed by atoms with van der Waals surface area (Å²) in [4.78, 5) is 4.25. The van der Waals surface area contributed by atoms with Gasteiger partial charge in [0.1, 0.15) is 0 Å². The number of nitrogens with two attached hydrogens (primary N) is 1. The van der Waals surface area contributed by atoms with Crippen molar-refractivity contribution in [2.45, 2.75) is 26.4 Å². The monoisotopic (exact) mass is 133 g/mol. The molecule has 0 heterocycles. The minimum atomic E-state index is -0.407. The van der Waals surface area contributed by atoms with E-state index >= 15 is 0 Å². The molecule has 0 aromatic rings. The van der Waals surface area contributed by atoms with Crippen LogP contribution in [0.15, 0.2) is 0 Å². The highest BCUT2D eigenvalue weighted by molar-refractivity contribution is 4.55. The van der Waals surface area contributed by atoms with E-state index in [1.807, 2.05) is 13.8 Å². The average molecular weight is 133 g/mol. The summed E-state index contributed by atoms with van der Waals surface area (Å²) < 4.78 is 0. The van der Waals surface area contributed by atoms with Gasteiger partial charge in [0.25, 0.3) is 0 Å². The topological polar surface area (TPSA) is 55.5 Å². The van der Waals surface area contributed by atoms with E-state index in [0.717, 1.165) is 6.42 Å². The molecule has 1 atom stereocenters. The summed E-state index contributed by atoms with van der Waals surface area (Å²) in [6, 6.07) is 0. The zero-order valence-electron chi connectivity index (χ0n) is 6.00. The first-order chi connectivity index (χ1) is 4.16. The van der Waals surface area contributed by atoms with Crippen LogP contribution in [0.5, 0.6) is 0 Å². The Kier molecular flexibility index (Phi) is 4.67. The lowest BCUT2D eigenvalue weighted by molar-refractivity contribution is 0.0261. The van der Waals surface area contributed by atoms with Gasteiger partial charge in [-0.25, -0.2) is 5.90 Å². The Morgan fingerprint density at radius 1 is 1.56 bits per heavy atom. The summed E-state index contributed by atoms with van der Waals surface area (Å²) in [5, 5.41) is 9.01. The molecule has 3 N–H and O–H groups in total. The summed E-state index contributed by atoms with van der Waals surface area (Å²) in [5.41, 5.74) is 0. The fourth-order valence-electron chi connectivity index (χ4n) is 0.723. The van der Waals surface area contributed by atoms with E-state index in [0.29, 0.717) is 5.92 Å². The van der Waals surface area contributed by atoms with Crippen LogP contribution in [0.25, 0.3) is 0 Å². The molecule has 0 fully saturated rings. The Balaban J connectivity index is 3.15. The van der Waals surface area contributed by atoms with Crippen LogP contribution >= 0.6 is 0 Å². The minimum Gasteiger partial charge on any atom is -0.391 e. The van der Waals surface area contributed by atoms with E-state index in [-0.39, 0.29) is 6.61 Å². The highest BCUT2D eigenvalue weighted by Crippen LogP contribution is 2.03. The summed E-state index contributed by atoms with van der Waals surface area (Å²) in [6.45, 7) is 4.32. The summed E-state index contributed by atoms with van der Waals surface area (Å²) in [7, 11) is 0. The highest BCUT2D eigenvalue weighted by atomic mass is 16.6. The molecule has 0 bridgehead atoms. The molecule has 3 heteroatoms. The van der Waals surface area contributed by atoms with Gasteiger partial charge < -0.3 is 9.94 Å². The second-order valence-corrected chi connectivity index (χ2v) is 2.62. The molecule has 56 valence electrons. The molecule has 0 saturated heterocycles. The standard InChI is InChI=1S/C6H15NO2/c1-5(2)3-6(8)4-9-7/h5-6,8H,3-4,7H2,1-2H3. The summed E-state index contributed by atoms with van der Waals surface area (Å²) >= 11 is 0. The Morgan fingerprint density at radius 2 is 2.11 bits per heavy atom. The molecule has 1 unspecified atom stereocenters. The van der Waals surface area contributed by atoms with Crippen molar-refractivity contribution in [3.05, 3.63) is 0 Å². The van der Waals surface area contributed by atoms with Crippen molar-refractivity contribution in [2.75, 3.05) is 6.61 Å². The molecule has 0 radical (unpaired) electrons. The quantitative estimate of drug-likeness (QED) is 0.542. The number of aliphatic hydroxyl groups is 1. The number of hydrogen-bond donors (Lipinski definition) is 2. The molecule has 9 heavy (non-hydrogen) atoms. The van der Waals surface area contributed by atoms with Gasteiger partial charge in [0.15, 0.2) is 0 Å². The van der Waals surface area contributed by atoms with Gasteiger partial charge in [-0.05, 0) is 12.3 Å². The lowest BCUT2D eigenvalue weighted by Crippen LogP contribution is -2.19. The van der Waals surface area contributed by atoms with Crippen molar-refractivity contribution in [1.82, 2.24) is 0 Å². The smallest absolute Gasteiger partial charge is 0.0938 e. The Hall–Kier alpha value is -0.120. The van der Waals surface area contributed by atoms with Crippen LogP contribution in [-0.4, -0.2) is 17.8 Å². The summed E-state index contributed by atoms with van der Waals surface area (Å²) in [5.74, 6) is 5.24. The molecule has 0 amide bonds. The fraction of sp³-hybridized carbons (Fsp3) is 1.00. The third-order valence-electron chi connectivity index (χ3n) is 1.03. The largest absolute Gasteiger partial charge is 0.391 e. The van der Waals surface area contributed by atoms with Crippen molar-refractivity contribution < 1.29 is 9.94 Å². The molecule has 0 aliphatic heterocycles. The first-order valence-corrected chi connectivity index (χ1v) is 3.16. The molecule has 0 rings (SSSR count). The first-order valence-electron chi connectivity index (χ1n) is 3.16. The van der Waals surface area contributed by atoms with Crippen LogP contribution in [-0.2, 0) is 4.84 Å². The van der Waals surface area contributed by atoms with Gasteiger partial charge in [-0.3, -0.25) is 0 Å². The molecule has 0 aliphatic rings. The Labute approximate surface area is 55.8 Å². The zero-order valence-corrected chi connectivity index (χ0v) is 6.00. The molecule has 0 saturated carbocycles. The number of hydrogen-bond acceptors (Lipinski definition) is 3. The number of rotatable bonds is 4. The Morgan fingerprint density at radius 3 is 2.44 bits per heavy atom. The van der Waals surface area contributed by atoms with E-state index < -0.39 is 6.10 Å². The van der Waals surface area contributed by atoms with E-state index in [1.165, 1.54) is 0 Å². The van der Waals surface area contributed by atoms with Crippen LogP contribution in [0.4, 0.5) is 0 Å². The number of aliphatic hydroxyl groups excluding tert-OH is 1. The van der Waals surface area contributed by atoms with Crippen LogP contribution < -0.4 is 5.90 Å². The lowest BCUT2D eigenvalue weighted by Gasteiger charge is -2.10. The van der Waals surface area contributed by atoms with Gasteiger partial charge in [-0.1, -0.05) is 13.8 Å². The molecule has 0 spiro atoms. The van der Waals surface area contributed by atoms with Crippen molar-refractivity contribution >= 4 is 0 Å². The van der Waals surface area contributed by atoms with Gasteiger partial charge >= 0.3 is 0 Å². The zero-order chi connectivity index (χ0) is 7.28. The predicted octanol–water partition coefficient (Wildman–Crippen LogP) is 0.284. The second-order valence-electron chi connectivity index (χ2n) is 2.62. The van der Waals surface area contributed by atoms with Crippen molar-refractivity contribution in [3.63, 3.8) is 0 Å². The van der Waals surface area contributed by atoms with Crippen LogP contribution in [0.2, 0.25) is 0 Å². The van der Waals surface area contributed by atoms with Gasteiger partial charge in [-0.2, -0.15) is 0 Å². The third-order valence-corrected chi connectivity index (χ3v) is 1.03. The molecule has 0 aliphatic carbocycles. The SMILES string of the molecule is CC(C)CC(O)CON. The molecular weight excluding hydrogens is 118 g/mol.